The SMILES string of the molecule is C[C@@H](NC(=O)CN(c1ccccc1F)S(=O)(=O)c1cccs1)c1ccccc1. The van der Waals surface area contributed by atoms with Gasteiger partial charge in [0.05, 0.1) is 11.7 Å². The van der Waals surface area contributed by atoms with Crippen LogP contribution in [0, 0.1) is 5.82 Å². The first kappa shape index (κ1) is 20.0. The molecule has 2 aromatic carbocycles. The summed E-state index contributed by atoms with van der Waals surface area (Å²) in [4.78, 5) is 12.6. The summed E-state index contributed by atoms with van der Waals surface area (Å²) in [6.45, 7) is 1.27. The monoisotopic (exact) mass is 418 g/mol. The largest absolute Gasteiger partial charge is 0.348 e. The minimum absolute atomic E-state index is 0.0414. The number of nitrogens with one attached hydrogen (secondary N) is 1. The van der Waals surface area contributed by atoms with Gasteiger partial charge in [-0.2, -0.15) is 0 Å². The van der Waals surface area contributed by atoms with Crippen LogP contribution in [-0.2, 0) is 14.8 Å². The van der Waals surface area contributed by atoms with Crippen molar-refractivity contribution in [2.45, 2.75) is 17.2 Å². The van der Waals surface area contributed by atoms with E-state index in [4.69, 9.17) is 0 Å². The van der Waals surface area contributed by atoms with Gasteiger partial charge < -0.3 is 5.32 Å². The molecule has 0 unspecified atom stereocenters. The number of benzene rings is 2. The van der Waals surface area contributed by atoms with E-state index in [0.717, 1.165) is 27.3 Å². The molecule has 3 aromatic rings. The first-order valence-electron chi connectivity index (χ1n) is 8.54. The molecule has 1 amide bonds. The number of para-hydroxylation sites is 1. The molecule has 28 heavy (non-hydrogen) atoms. The zero-order chi connectivity index (χ0) is 20.1. The summed E-state index contributed by atoms with van der Waals surface area (Å²) < 4.78 is 41.3. The molecule has 1 N–H and O–H groups in total. The molecule has 0 radical (unpaired) electrons. The lowest BCUT2D eigenvalue weighted by Crippen LogP contribution is -2.41. The maximum Gasteiger partial charge on any atom is 0.274 e. The van der Waals surface area contributed by atoms with Gasteiger partial charge in [-0.05, 0) is 36.1 Å². The summed E-state index contributed by atoms with van der Waals surface area (Å²) in [5.74, 6) is -1.24. The molecule has 5 nitrogen and oxygen atoms in total. The number of amides is 1. The lowest BCUT2D eigenvalue weighted by Gasteiger charge is -2.24. The van der Waals surface area contributed by atoms with E-state index in [1.807, 2.05) is 30.3 Å². The Kier molecular flexibility index (Phi) is 6.11. The second kappa shape index (κ2) is 8.53. The molecule has 1 heterocycles. The van der Waals surface area contributed by atoms with Crippen molar-refractivity contribution < 1.29 is 17.6 Å². The number of nitrogens with zero attached hydrogens (tertiary/aromatic N) is 1. The van der Waals surface area contributed by atoms with E-state index in [1.165, 1.54) is 24.3 Å². The Balaban J connectivity index is 1.88. The van der Waals surface area contributed by atoms with Crippen LogP contribution < -0.4 is 9.62 Å². The molecule has 146 valence electrons. The van der Waals surface area contributed by atoms with Gasteiger partial charge in [-0.25, -0.2) is 12.8 Å². The maximum absolute atomic E-state index is 14.4. The van der Waals surface area contributed by atoms with Crippen molar-refractivity contribution in [3.8, 4) is 0 Å². The second-order valence-corrected chi connectivity index (χ2v) is 9.13. The highest BCUT2D eigenvalue weighted by atomic mass is 32.2. The molecule has 1 atom stereocenters. The van der Waals surface area contributed by atoms with Crippen LogP contribution in [-0.4, -0.2) is 20.9 Å². The van der Waals surface area contributed by atoms with Crippen molar-refractivity contribution in [2.24, 2.45) is 0 Å². The van der Waals surface area contributed by atoms with Gasteiger partial charge in [0.25, 0.3) is 10.0 Å². The Hall–Kier alpha value is -2.71. The Bertz CT molecular complexity index is 1040. The minimum Gasteiger partial charge on any atom is -0.348 e. The topological polar surface area (TPSA) is 66.5 Å². The van der Waals surface area contributed by atoms with Gasteiger partial charge in [0, 0.05) is 0 Å². The molecule has 0 aliphatic carbocycles. The Labute approximate surface area is 167 Å². The highest BCUT2D eigenvalue weighted by molar-refractivity contribution is 7.94. The van der Waals surface area contributed by atoms with Crippen LogP contribution in [0.5, 0.6) is 0 Å². The van der Waals surface area contributed by atoms with E-state index in [-0.39, 0.29) is 15.9 Å². The number of hydrogen-bond acceptors (Lipinski definition) is 4. The highest BCUT2D eigenvalue weighted by Crippen LogP contribution is 2.28. The van der Waals surface area contributed by atoms with Gasteiger partial charge in [0.15, 0.2) is 0 Å². The molecule has 0 bridgehead atoms. The smallest absolute Gasteiger partial charge is 0.274 e. The number of thiophene rings is 1. The number of anilines is 1. The van der Waals surface area contributed by atoms with E-state index < -0.39 is 28.3 Å². The van der Waals surface area contributed by atoms with Crippen LogP contribution in [0.4, 0.5) is 10.1 Å². The van der Waals surface area contributed by atoms with Crippen LogP contribution in [0.1, 0.15) is 18.5 Å². The van der Waals surface area contributed by atoms with E-state index in [2.05, 4.69) is 5.32 Å². The van der Waals surface area contributed by atoms with E-state index in [0.29, 0.717) is 0 Å². The Morgan fingerprint density at radius 3 is 2.39 bits per heavy atom. The van der Waals surface area contributed by atoms with Crippen LogP contribution in [0.3, 0.4) is 0 Å². The van der Waals surface area contributed by atoms with Crippen molar-refractivity contribution >= 4 is 33.0 Å². The fraction of sp³-hybridized carbons (Fsp3) is 0.150. The number of rotatable bonds is 7. The molecule has 0 aliphatic rings. The van der Waals surface area contributed by atoms with Crippen molar-refractivity contribution in [2.75, 3.05) is 10.8 Å². The van der Waals surface area contributed by atoms with Crippen molar-refractivity contribution in [1.29, 1.82) is 0 Å². The number of halogens is 1. The molecule has 0 saturated carbocycles. The average Bonchev–Trinajstić information content (AvgIpc) is 3.23. The number of sulfonamides is 1. The van der Waals surface area contributed by atoms with Gasteiger partial charge >= 0.3 is 0 Å². The first-order chi connectivity index (χ1) is 13.4. The number of carbonyl (C=O) groups is 1. The lowest BCUT2D eigenvalue weighted by atomic mass is 10.1. The highest BCUT2D eigenvalue weighted by Gasteiger charge is 2.30. The molecule has 8 heteroatoms. The van der Waals surface area contributed by atoms with Gasteiger partial charge in [-0.3, -0.25) is 9.10 Å². The molecular weight excluding hydrogens is 399 g/mol. The molecule has 3 rings (SSSR count). The second-order valence-electron chi connectivity index (χ2n) is 6.10. The number of carbonyl (C=O) groups excluding carboxylic acids is 1. The predicted octanol–water partition coefficient (Wildman–Crippen LogP) is 3.96. The molecule has 1 aromatic heterocycles. The van der Waals surface area contributed by atoms with E-state index >= 15 is 0 Å². The standard InChI is InChI=1S/C20H19FN2O3S2/c1-15(16-8-3-2-4-9-16)22-19(24)14-23(18-11-6-5-10-17(18)21)28(25,26)20-12-7-13-27-20/h2-13,15H,14H2,1H3,(H,22,24)/t15-/m1/s1. The third-order valence-electron chi connectivity index (χ3n) is 4.12. The third-order valence-corrected chi connectivity index (χ3v) is 7.26. The van der Waals surface area contributed by atoms with Crippen LogP contribution in [0.25, 0.3) is 0 Å². The fourth-order valence-corrected chi connectivity index (χ4v) is 5.25. The first-order valence-corrected chi connectivity index (χ1v) is 10.9. The van der Waals surface area contributed by atoms with Crippen molar-refractivity contribution in [3.05, 3.63) is 83.5 Å². The fourth-order valence-electron chi connectivity index (χ4n) is 2.72. The van der Waals surface area contributed by atoms with Gasteiger partial charge in [-0.15, -0.1) is 11.3 Å². The van der Waals surface area contributed by atoms with Gasteiger partial charge in [-0.1, -0.05) is 48.5 Å². The van der Waals surface area contributed by atoms with Crippen LogP contribution in [0.15, 0.2) is 76.3 Å². The predicted molar refractivity (Wildman–Crippen MR) is 108 cm³/mol. The van der Waals surface area contributed by atoms with Crippen LogP contribution in [0.2, 0.25) is 0 Å². The summed E-state index contributed by atoms with van der Waals surface area (Å²) in [7, 11) is -4.08. The van der Waals surface area contributed by atoms with Crippen molar-refractivity contribution in [3.63, 3.8) is 0 Å². The molecule has 0 saturated heterocycles. The molecule has 0 fully saturated rings. The summed E-state index contributed by atoms with van der Waals surface area (Å²) in [6.07, 6.45) is 0. The Morgan fingerprint density at radius 1 is 1.07 bits per heavy atom. The Morgan fingerprint density at radius 2 is 1.75 bits per heavy atom. The molecular formula is C20H19FN2O3S2. The summed E-state index contributed by atoms with van der Waals surface area (Å²) in [5, 5.41) is 4.38. The van der Waals surface area contributed by atoms with Gasteiger partial charge in [0.1, 0.15) is 16.6 Å². The van der Waals surface area contributed by atoms with Gasteiger partial charge in [0.2, 0.25) is 5.91 Å². The van der Waals surface area contributed by atoms with Crippen LogP contribution >= 0.6 is 11.3 Å². The molecule has 0 spiro atoms. The van der Waals surface area contributed by atoms with E-state index in [1.54, 1.807) is 18.4 Å². The zero-order valence-electron chi connectivity index (χ0n) is 15.1. The van der Waals surface area contributed by atoms with E-state index in [9.17, 15) is 17.6 Å². The lowest BCUT2D eigenvalue weighted by molar-refractivity contribution is -0.120. The zero-order valence-corrected chi connectivity index (χ0v) is 16.7. The average molecular weight is 419 g/mol. The third kappa shape index (κ3) is 4.40. The number of hydrogen-bond donors (Lipinski definition) is 1. The maximum atomic E-state index is 14.4. The summed E-state index contributed by atoms with van der Waals surface area (Å²) >= 11 is 1.01. The normalized spacial score (nSPS) is 12.4. The van der Waals surface area contributed by atoms with Crippen molar-refractivity contribution in [1.82, 2.24) is 5.32 Å². The summed E-state index contributed by atoms with van der Waals surface area (Å²) in [6, 6.07) is 17.5. The minimum atomic E-state index is -4.08. The quantitative estimate of drug-likeness (QED) is 0.632. The summed E-state index contributed by atoms with van der Waals surface area (Å²) in [5.41, 5.74) is 0.716. The molecule has 0 aliphatic heterocycles.